The minimum atomic E-state index is -0.271. The number of carbonyl (C=O) groups excluding carboxylic acids is 1. The van der Waals surface area contributed by atoms with E-state index in [2.05, 4.69) is 5.32 Å². The summed E-state index contributed by atoms with van der Waals surface area (Å²) in [4.78, 5) is 12.8. The Morgan fingerprint density at radius 2 is 1.63 bits per heavy atom. The molecule has 0 aromatic heterocycles. The molecule has 138 valence electrons. The summed E-state index contributed by atoms with van der Waals surface area (Å²) in [7, 11) is 1.56. The molecule has 0 bridgehead atoms. The summed E-state index contributed by atoms with van der Waals surface area (Å²) in [6.07, 6.45) is 0. The molecule has 0 heterocycles. The van der Waals surface area contributed by atoms with Crippen LogP contribution in [0.3, 0.4) is 0 Å². The number of hydrogen-bond donors (Lipinski definition) is 1. The summed E-state index contributed by atoms with van der Waals surface area (Å²) in [5, 5.41) is 2.87. The van der Waals surface area contributed by atoms with Gasteiger partial charge in [-0.1, -0.05) is 30.3 Å². The van der Waals surface area contributed by atoms with E-state index in [-0.39, 0.29) is 5.91 Å². The van der Waals surface area contributed by atoms with Gasteiger partial charge in [-0.25, -0.2) is 0 Å². The van der Waals surface area contributed by atoms with Crippen LogP contribution in [0.4, 0.5) is 5.69 Å². The largest absolute Gasteiger partial charge is 0.493 e. The third kappa shape index (κ3) is 4.58. The number of anilines is 1. The molecule has 3 rings (SSSR count). The smallest absolute Gasteiger partial charge is 0.259 e. The lowest BCUT2D eigenvalue weighted by atomic mass is 10.1. The third-order valence-electron chi connectivity index (χ3n) is 3.82. The first-order valence-electron chi connectivity index (χ1n) is 8.65. The second kappa shape index (κ2) is 8.76. The molecule has 0 radical (unpaired) electrons. The minimum absolute atomic E-state index is 0.271. The van der Waals surface area contributed by atoms with Crippen molar-refractivity contribution in [3.63, 3.8) is 0 Å². The Morgan fingerprint density at radius 1 is 0.889 bits per heavy atom. The van der Waals surface area contributed by atoms with Crippen molar-refractivity contribution in [2.75, 3.05) is 19.0 Å². The van der Waals surface area contributed by atoms with Gasteiger partial charge in [0.1, 0.15) is 11.5 Å². The molecule has 0 unspecified atom stereocenters. The fraction of sp³-hybridized carbons (Fsp3) is 0.136. The molecule has 3 aromatic rings. The Hall–Kier alpha value is -3.47. The summed E-state index contributed by atoms with van der Waals surface area (Å²) in [5.41, 5.74) is 1.05. The molecule has 27 heavy (non-hydrogen) atoms. The second-order valence-corrected chi connectivity index (χ2v) is 5.66. The molecular formula is C22H21NO4. The quantitative estimate of drug-likeness (QED) is 0.631. The van der Waals surface area contributed by atoms with E-state index in [1.807, 2.05) is 43.3 Å². The van der Waals surface area contributed by atoms with Gasteiger partial charge < -0.3 is 19.5 Å². The molecule has 0 saturated carbocycles. The van der Waals surface area contributed by atoms with Crippen molar-refractivity contribution in [2.24, 2.45) is 0 Å². The number of hydrogen-bond acceptors (Lipinski definition) is 4. The topological polar surface area (TPSA) is 56.8 Å². The molecule has 1 N–H and O–H groups in total. The number of rotatable bonds is 7. The number of ether oxygens (including phenoxy) is 3. The molecule has 0 aliphatic heterocycles. The van der Waals surface area contributed by atoms with Crippen LogP contribution >= 0.6 is 0 Å². The van der Waals surface area contributed by atoms with E-state index >= 15 is 0 Å². The van der Waals surface area contributed by atoms with Gasteiger partial charge in [-0.15, -0.1) is 0 Å². The summed E-state index contributed by atoms with van der Waals surface area (Å²) in [6, 6.07) is 21.7. The SMILES string of the molecule is CCOc1ccc(NC(=O)c2ccccc2Oc2ccccc2)cc1OC. The van der Waals surface area contributed by atoms with Crippen molar-refractivity contribution in [1.82, 2.24) is 0 Å². The van der Waals surface area contributed by atoms with E-state index in [4.69, 9.17) is 14.2 Å². The molecule has 0 spiro atoms. The van der Waals surface area contributed by atoms with Crippen LogP contribution in [-0.2, 0) is 0 Å². The third-order valence-corrected chi connectivity index (χ3v) is 3.82. The first kappa shape index (κ1) is 18.3. The van der Waals surface area contributed by atoms with Crippen LogP contribution in [0.2, 0.25) is 0 Å². The monoisotopic (exact) mass is 363 g/mol. The van der Waals surface area contributed by atoms with Crippen molar-refractivity contribution in [2.45, 2.75) is 6.92 Å². The Bertz CT molecular complexity index is 909. The zero-order valence-electron chi connectivity index (χ0n) is 15.3. The summed E-state index contributed by atoms with van der Waals surface area (Å²) < 4.78 is 16.7. The van der Waals surface area contributed by atoms with Crippen molar-refractivity contribution in [3.8, 4) is 23.0 Å². The van der Waals surface area contributed by atoms with E-state index in [0.29, 0.717) is 40.9 Å². The number of para-hydroxylation sites is 2. The van der Waals surface area contributed by atoms with Crippen molar-refractivity contribution >= 4 is 11.6 Å². The van der Waals surface area contributed by atoms with Gasteiger partial charge in [0.2, 0.25) is 0 Å². The lowest BCUT2D eigenvalue weighted by molar-refractivity contribution is 0.102. The average Bonchev–Trinajstić information content (AvgIpc) is 2.70. The summed E-state index contributed by atoms with van der Waals surface area (Å²) in [6.45, 7) is 2.44. The van der Waals surface area contributed by atoms with Crippen LogP contribution in [-0.4, -0.2) is 19.6 Å². The highest BCUT2D eigenvalue weighted by atomic mass is 16.5. The predicted octanol–water partition coefficient (Wildman–Crippen LogP) is 5.14. The highest BCUT2D eigenvalue weighted by Crippen LogP contribution is 2.31. The van der Waals surface area contributed by atoms with Crippen molar-refractivity contribution in [1.29, 1.82) is 0 Å². The van der Waals surface area contributed by atoms with Crippen LogP contribution in [0.25, 0.3) is 0 Å². The van der Waals surface area contributed by atoms with E-state index in [9.17, 15) is 4.79 Å². The van der Waals surface area contributed by atoms with E-state index < -0.39 is 0 Å². The minimum Gasteiger partial charge on any atom is -0.493 e. The van der Waals surface area contributed by atoms with Gasteiger partial charge in [0.15, 0.2) is 11.5 Å². The maximum atomic E-state index is 12.8. The van der Waals surface area contributed by atoms with Crippen LogP contribution < -0.4 is 19.5 Å². The highest BCUT2D eigenvalue weighted by Gasteiger charge is 2.14. The van der Waals surface area contributed by atoms with Gasteiger partial charge in [0, 0.05) is 11.8 Å². The van der Waals surface area contributed by atoms with Gasteiger partial charge >= 0.3 is 0 Å². The predicted molar refractivity (Wildman–Crippen MR) is 105 cm³/mol. The van der Waals surface area contributed by atoms with E-state index in [0.717, 1.165) is 0 Å². The number of amides is 1. The Balaban J connectivity index is 1.81. The average molecular weight is 363 g/mol. The molecule has 0 atom stereocenters. The molecular weight excluding hydrogens is 342 g/mol. The lowest BCUT2D eigenvalue weighted by Gasteiger charge is -2.13. The van der Waals surface area contributed by atoms with Gasteiger partial charge in [0.05, 0.1) is 19.3 Å². The van der Waals surface area contributed by atoms with E-state index in [1.54, 1.807) is 43.5 Å². The van der Waals surface area contributed by atoms with Crippen LogP contribution in [0.15, 0.2) is 72.8 Å². The van der Waals surface area contributed by atoms with Gasteiger partial charge in [-0.05, 0) is 43.3 Å². The molecule has 0 aliphatic rings. The first-order valence-corrected chi connectivity index (χ1v) is 8.65. The normalized spacial score (nSPS) is 10.1. The first-order chi connectivity index (χ1) is 13.2. The maximum Gasteiger partial charge on any atom is 0.259 e. The molecule has 0 aliphatic carbocycles. The van der Waals surface area contributed by atoms with Gasteiger partial charge in [-0.2, -0.15) is 0 Å². The van der Waals surface area contributed by atoms with Crippen LogP contribution in [0.1, 0.15) is 17.3 Å². The number of carbonyl (C=O) groups is 1. The highest BCUT2D eigenvalue weighted by molar-refractivity contribution is 6.06. The van der Waals surface area contributed by atoms with Crippen LogP contribution in [0, 0.1) is 0 Å². The summed E-state index contributed by atoms with van der Waals surface area (Å²) >= 11 is 0. The summed E-state index contributed by atoms with van der Waals surface area (Å²) in [5.74, 6) is 2.07. The van der Waals surface area contributed by atoms with Crippen molar-refractivity contribution in [3.05, 3.63) is 78.4 Å². The van der Waals surface area contributed by atoms with Crippen LogP contribution in [0.5, 0.6) is 23.0 Å². The fourth-order valence-corrected chi connectivity index (χ4v) is 2.58. The Labute approximate surface area is 158 Å². The molecule has 0 saturated heterocycles. The molecule has 1 amide bonds. The number of methoxy groups -OCH3 is 1. The number of benzene rings is 3. The lowest BCUT2D eigenvalue weighted by Crippen LogP contribution is -2.13. The zero-order chi connectivity index (χ0) is 19.1. The second-order valence-electron chi connectivity index (χ2n) is 5.66. The maximum absolute atomic E-state index is 12.8. The van der Waals surface area contributed by atoms with Gasteiger partial charge in [-0.3, -0.25) is 4.79 Å². The van der Waals surface area contributed by atoms with Crippen molar-refractivity contribution < 1.29 is 19.0 Å². The molecule has 5 heteroatoms. The Kier molecular flexibility index (Phi) is 5.94. The standard InChI is InChI=1S/C22H21NO4/c1-3-26-20-14-13-16(15-21(20)25-2)23-22(24)18-11-7-8-12-19(18)27-17-9-5-4-6-10-17/h4-15H,3H2,1-2H3,(H,23,24). The van der Waals surface area contributed by atoms with Gasteiger partial charge in [0.25, 0.3) is 5.91 Å². The zero-order valence-corrected chi connectivity index (χ0v) is 15.3. The molecule has 5 nitrogen and oxygen atoms in total. The van der Waals surface area contributed by atoms with E-state index in [1.165, 1.54) is 0 Å². The number of nitrogens with one attached hydrogen (secondary N) is 1. The Morgan fingerprint density at radius 3 is 2.37 bits per heavy atom. The molecule has 0 fully saturated rings. The molecule has 3 aromatic carbocycles. The fourth-order valence-electron chi connectivity index (χ4n) is 2.58.